The molecule has 6 heteroatoms. The predicted molar refractivity (Wildman–Crippen MR) is 119 cm³/mol. The van der Waals surface area contributed by atoms with E-state index >= 15 is 0 Å². The SMILES string of the molecule is CCN1CCN(C(=O)c2ccncc2)CC(Cc2cccc(-c3cccnc3)c2)C1=O. The number of hydrogen-bond acceptors (Lipinski definition) is 4. The molecule has 31 heavy (non-hydrogen) atoms. The summed E-state index contributed by atoms with van der Waals surface area (Å²) < 4.78 is 0. The largest absolute Gasteiger partial charge is 0.341 e. The molecule has 158 valence electrons. The second kappa shape index (κ2) is 9.51. The van der Waals surface area contributed by atoms with Crippen LogP contribution in [-0.4, -0.2) is 57.8 Å². The fourth-order valence-corrected chi connectivity index (χ4v) is 4.07. The molecule has 4 rings (SSSR count). The van der Waals surface area contributed by atoms with Crippen LogP contribution in [0.4, 0.5) is 0 Å². The summed E-state index contributed by atoms with van der Waals surface area (Å²) in [5.41, 5.74) is 3.80. The molecule has 1 aliphatic rings. The van der Waals surface area contributed by atoms with Gasteiger partial charge in [0.2, 0.25) is 5.91 Å². The molecular weight excluding hydrogens is 388 g/mol. The molecule has 1 aromatic carbocycles. The fourth-order valence-electron chi connectivity index (χ4n) is 4.07. The quantitative estimate of drug-likeness (QED) is 0.643. The van der Waals surface area contributed by atoms with Crippen molar-refractivity contribution in [2.24, 2.45) is 5.92 Å². The Bertz CT molecular complexity index is 1040. The van der Waals surface area contributed by atoms with Gasteiger partial charge in [-0.05, 0) is 48.2 Å². The lowest BCUT2D eigenvalue weighted by Crippen LogP contribution is -2.37. The molecule has 1 aliphatic heterocycles. The highest BCUT2D eigenvalue weighted by atomic mass is 16.2. The first-order chi connectivity index (χ1) is 15.2. The predicted octanol–water partition coefficient (Wildman–Crippen LogP) is 3.31. The van der Waals surface area contributed by atoms with Crippen LogP contribution in [-0.2, 0) is 11.2 Å². The molecule has 0 spiro atoms. The van der Waals surface area contributed by atoms with Crippen LogP contribution in [0.2, 0.25) is 0 Å². The van der Waals surface area contributed by atoms with Gasteiger partial charge in [-0.15, -0.1) is 0 Å². The van der Waals surface area contributed by atoms with Crippen molar-refractivity contribution in [2.45, 2.75) is 13.3 Å². The van der Waals surface area contributed by atoms with Gasteiger partial charge in [0.1, 0.15) is 0 Å². The van der Waals surface area contributed by atoms with E-state index in [4.69, 9.17) is 0 Å². The number of carbonyl (C=O) groups excluding carboxylic acids is 2. The first kappa shape index (κ1) is 20.7. The van der Waals surface area contributed by atoms with Gasteiger partial charge < -0.3 is 9.80 Å². The lowest BCUT2D eigenvalue weighted by atomic mass is 9.95. The molecule has 1 atom stereocenters. The van der Waals surface area contributed by atoms with Gasteiger partial charge in [0, 0.05) is 56.5 Å². The van der Waals surface area contributed by atoms with E-state index in [9.17, 15) is 9.59 Å². The van der Waals surface area contributed by atoms with Gasteiger partial charge in [0.15, 0.2) is 0 Å². The molecule has 1 fully saturated rings. The summed E-state index contributed by atoms with van der Waals surface area (Å²) in [6, 6.07) is 15.6. The number of pyridine rings is 2. The number of benzene rings is 1. The van der Waals surface area contributed by atoms with E-state index in [1.54, 1.807) is 35.6 Å². The van der Waals surface area contributed by atoms with E-state index in [1.165, 1.54) is 0 Å². The summed E-state index contributed by atoms with van der Waals surface area (Å²) in [5, 5.41) is 0. The highest BCUT2D eigenvalue weighted by Crippen LogP contribution is 2.23. The van der Waals surface area contributed by atoms with E-state index < -0.39 is 0 Å². The van der Waals surface area contributed by atoms with Crippen molar-refractivity contribution in [3.63, 3.8) is 0 Å². The molecule has 0 radical (unpaired) electrons. The van der Waals surface area contributed by atoms with Crippen LogP contribution in [0.5, 0.6) is 0 Å². The summed E-state index contributed by atoms with van der Waals surface area (Å²) in [7, 11) is 0. The molecule has 0 bridgehead atoms. The zero-order valence-corrected chi connectivity index (χ0v) is 17.6. The Hall–Kier alpha value is -3.54. The van der Waals surface area contributed by atoms with Gasteiger partial charge >= 0.3 is 0 Å². The monoisotopic (exact) mass is 414 g/mol. The molecular formula is C25H26N4O2. The van der Waals surface area contributed by atoms with Gasteiger partial charge in [-0.1, -0.05) is 30.3 Å². The topological polar surface area (TPSA) is 66.4 Å². The number of likely N-dealkylation sites (N-methyl/N-ethyl adjacent to an activating group) is 1. The fraction of sp³-hybridized carbons (Fsp3) is 0.280. The Labute approximate surface area is 182 Å². The Kier molecular flexibility index (Phi) is 6.36. The first-order valence-corrected chi connectivity index (χ1v) is 10.6. The summed E-state index contributed by atoms with van der Waals surface area (Å²) in [5.74, 6) is -0.223. The van der Waals surface area contributed by atoms with E-state index in [1.807, 2.05) is 48.4 Å². The maximum absolute atomic E-state index is 13.2. The van der Waals surface area contributed by atoms with Crippen LogP contribution < -0.4 is 0 Å². The minimum atomic E-state index is -0.280. The molecule has 3 aromatic rings. The molecule has 1 unspecified atom stereocenters. The summed E-state index contributed by atoms with van der Waals surface area (Å²) in [6.07, 6.45) is 7.42. The van der Waals surface area contributed by atoms with Crippen LogP contribution in [0.3, 0.4) is 0 Å². The van der Waals surface area contributed by atoms with Crippen molar-refractivity contribution in [1.82, 2.24) is 19.8 Å². The van der Waals surface area contributed by atoms with Crippen molar-refractivity contribution < 1.29 is 9.59 Å². The van der Waals surface area contributed by atoms with Crippen LogP contribution in [0, 0.1) is 5.92 Å². The maximum Gasteiger partial charge on any atom is 0.254 e. The van der Waals surface area contributed by atoms with Gasteiger partial charge in [-0.3, -0.25) is 19.6 Å². The molecule has 0 N–H and O–H groups in total. The minimum Gasteiger partial charge on any atom is -0.341 e. The third kappa shape index (κ3) is 4.79. The highest BCUT2D eigenvalue weighted by Gasteiger charge is 2.32. The van der Waals surface area contributed by atoms with Crippen molar-refractivity contribution in [2.75, 3.05) is 26.2 Å². The number of amides is 2. The van der Waals surface area contributed by atoms with Crippen LogP contribution in [0.1, 0.15) is 22.8 Å². The van der Waals surface area contributed by atoms with E-state index in [0.717, 1.165) is 16.7 Å². The molecule has 2 aromatic heterocycles. The van der Waals surface area contributed by atoms with Gasteiger partial charge in [0.05, 0.1) is 5.92 Å². The van der Waals surface area contributed by atoms with E-state index in [0.29, 0.717) is 38.2 Å². The van der Waals surface area contributed by atoms with Crippen molar-refractivity contribution >= 4 is 11.8 Å². The van der Waals surface area contributed by atoms with Gasteiger partial charge in [0.25, 0.3) is 5.91 Å². The minimum absolute atomic E-state index is 0.0535. The maximum atomic E-state index is 13.2. The van der Waals surface area contributed by atoms with Crippen molar-refractivity contribution in [1.29, 1.82) is 0 Å². The lowest BCUT2D eigenvalue weighted by molar-refractivity contribution is -0.134. The van der Waals surface area contributed by atoms with Crippen molar-refractivity contribution in [3.05, 3.63) is 84.4 Å². The zero-order valence-electron chi connectivity index (χ0n) is 17.6. The molecule has 2 amide bonds. The van der Waals surface area contributed by atoms with Gasteiger partial charge in [-0.2, -0.15) is 0 Å². The second-order valence-electron chi connectivity index (χ2n) is 7.75. The zero-order chi connectivity index (χ0) is 21.6. The highest BCUT2D eigenvalue weighted by molar-refractivity contribution is 5.94. The number of hydrogen-bond donors (Lipinski definition) is 0. The third-order valence-corrected chi connectivity index (χ3v) is 5.74. The third-order valence-electron chi connectivity index (χ3n) is 5.74. The number of carbonyl (C=O) groups is 2. The van der Waals surface area contributed by atoms with E-state index in [2.05, 4.69) is 16.0 Å². The van der Waals surface area contributed by atoms with E-state index in [-0.39, 0.29) is 17.7 Å². The standard InChI is InChI=1S/C25H26N4O2/c1-2-28-13-14-29(24(30)20-8-11-26-12-9-20)18-23(25(28)31)16-19-5-3-6-21(15-19)22-7-4-10-27-17-22/h3-12,15,17,23H,2,13-14,16,18H2,1H3. The van der Waals surface area contributed by atoms with Gasteiger partial charge in [-0.25, -0.2) is 0 Å². The Morgan fingerprint density at radius 3 is 2.55 bits per heavy atom. The molecule has 3 heterocycles. The summed E-state index contributed by atoms with van der Waals surface area (Å²) in [4.78, 5) is 38.1. The molecule has 0 aliphatic carbocycles. The average Bonchev–Trinajstić information content (AvgIpc) is 2.98. The van der Waals surface area contributed by atoms with Crippen LogP contribution in [0.15, 0.2) is 73.3 Å². The lowest BCUT2D eigenvalue weighted by Gasteiger charge is -2.24. The molecule has 0 saturated carbocycles. The Morgan fingerprint density at radius 2 is 1.81 bits per heavy atom. The van der Waals surface area contributed by atoms with Crippen molar-refractivity contribution in [3.8, 4) is 11.1 Å². The first-order valence-electron chi connectivity index (χ1n) is 10.6. The van der Waals surface area contributed by atoms with Crippen LogP contribution in [0.25, 0.3) is 11.1 Å². The van der Waals surface area contributed by atoms with Crippen LogP contribution >= 0.6 is 0 Å². The normalized spacial score (nSPS) is 16.8. The number of rotatable bonds is 5. The average molecular weight is 415 g/mol. The number of aromatic nitrogens is 2. The molecule has 1 saturated heterocycles. The smallest absolute Gasteiger partial charge is 0.254 e. The summed E-state index contributed by atoms with van der Waals surface area (Å²) in [6.45, 7) is 4.12. The summed E-state index contributed by atoms with van der Waals surface area (Å²) >= 11 is 0. The second-order valence-corrected chi connectivity index (χ2v) is 7.75. The Morgan fingerprint density at radius 1 is 1.00 bits per heavy atom. The Balaban J connectivity index is 1.57. The molecule has 6 nitrogen and oxygen atoms in total. The number of nitrogens with zero attached hydrogens (tertiary/aromatic N) is 4.